The molecule has 3 aromatic rings. The number of carbonyl (C=O) groups is 1. The van der Waals surface area contributed by atoms with Gasteiger partial charge in [0.05, 0.1) is 11.3 Å². The molecule has 124 valence electrons. The highest BCUT2D eigenvalue weighted by molar-refractivity contribution is 6.30. The quantitative estimate of drug-likeness (QED) is 0.771. The lowest BCUT2D eigenvalue weighted by Gasteiger charge is -2.08. The Morgan fingerprint density at radius 2 is 1.96 bits per heavy atom. The second-order valence-corrected chi connectivity index (χ2v) is 5.65. The first kappa shape index (κ1) is 16.1. The molecule has 1 N–H and O–H groups in total. The van der Waals surface area contributed by atoms with Crippen molar-refractivity contribution in [2.75, 3.05) is 0 Å². The van der Waals surface area contributed by atoms with Gasteiger partial charge in [-0.1, -0.05) is 16.8 Å². The maximum atomic E-state index is 11.5. The van der Waals surface area contributed by atoms with Gasteiger partial charge in [-0.3, -0.25) is 0 Å². The van der Waals surface area contributed by atoms with Crippen LogP contribution in [0.3, 0.4) is 0 Å². The number of rotatable bonds is 4. The van der Waals surface area contributed by atoms with E-state index in [2.05, 4.69) is 10.3 Å². The van der Waals surface area contributed by atoms with E-state index in [0.717, 1.165) is 0 Å². The molecule has 2 heterocycles. The molecule has 0 fully saturated rings. The Labute approximate surface area is 142 Å². The molecule has 0 aliphatic rings. The number of ether oxygens (including phenoxy) is 1. The van der Waals surface area contributed by atoms with Crippen LogP contribution in [0.5, 0.6) is 11.6 Å². The van der Waals surface area contributed by atoms with Gasteiger partial charge >= 0.3 is 5.97 Å². The lowest BCUT2D eigenvalue weighted by molar-refractivity contribution is 0.0696. The van der Waals surface area contributed by atoms with Crippen LogP contribution in [-0.2, 0) is 7.05 Å². The van der Waals surface area contributed by atoms with E-state index in [4.69, 9.17) is 20.9 Å². The van der Waals surface area contributed by atoms with E-state index in [0.29, 0.717) is 27.9 Å². The van der Waals surface area contributed by atoms with Crippen molar-refractivity contribution in [1.82, 2.24) is 14.9 Å². The Morgan fingerprint density at radius 3 is 2.58 bits per heavy atom. The molecule has 1 aromatic carbocycles. The minimum absolute atomic E-state index is 0.00736. The van der Waals surface area contributed by atoms with Crippen LogP contribution in [0.15, 0.2) is 28.8 Å². The van der Waals surface area contributed by atoms with E-state index < -0.39 is 5.97 Å². The van der Waals surface area contributed by atoms with Crippen LogP contribution in [0, 0.1) is 13.8 Å². The summed E-state index contributed by atoms with van der Waals surface area (Å²) < 4.78 is 12.5. The highest BCUT2D eigenvalue weighted by atomic mass is 35.5. The predicted molar refractivity (Wildman–Crippen MR) is 86.7 cm³/mol. The van der Waals surface area contributed by atoms with Crippen molar-refractivity contribution in [3.63, 3.8) is 0 Å². The summed E-state index contributed by atoms with van der Waals surface area (Å²) in [6.45, 7) is 3.30. The Morgan fingerprint density at radius 1 is 1.29 bits per heavy atom. The number of nitrogens with zero attached hydrogens (tertiary/aromatic N) is 3. The van der Waals surface area contributed by atoms with Gasteiger partial charge in [0, 0.05) is 12.1 Å². The summed E-state index contributed by atoms with van der Waals surface area (Å²) in [6, 6.07) is 6.81. The van der Waals surface area contributed by atoms with E-state index >= 15 is 0 Å². The van der Waals surface area contributed by atoms with Gasteiger partial charge in [-0.25, -0.2) is 9.48 Å². The van der Waals surface area contributed by atoms with Crippen molar-refractivity contribution >= 4 is 17.6 Å². The van der Waals surface area contributed by atoms with E-state index in [9.17, 15) is 9.90 Å². The van der Waals surface area contributed by atoms with E-state index in [1.807, 2.05) is 0 Å². The summed E-state index contributed by atoms with van der Waals surface area (Å²) >= 11 is 5.87. The van der Waals surface area contributed by atoms with Crippen LogP contribution in [-0.4, -0.2) is 26.0 Å². The second kappa shape index (κ2) is 6.01. The number of carboxylic acid groups (broad SMARTS) is 1. The molecule has 0 radical (unpaired) electrons. The van der Waals surface area contributed by atoms with Crippen LogP contribution in [0.2, 0.25) is 5.02 Å². The fraction of sp³-hybridized carbons (Fsp3) is 0.188. The molecule has 0 amide bonds. The molecular weight excluding hydrogens is 334 g/mol. The number of carboxylic acids is 1. The third kappa shape index (κ3) is 2.74. The number of hydrogen-bond donors (Lipinski definition) is 1. The maximum absolute atomic E-state index is 11.5. The first-order valence-electron chi connectivity index (χ1n) is 7.05. The zero-order chi connectivity index (χ0) is 17.4. The van der Waals surface area contributed by atoms with E-state index in [1.54, 1.807) is 45.2 Å². The highest BCUT2D eigenvalue weighted by Gasteiger charge is 2.28. The van der Waals surface area contributed by atoms with Gasteiger partial charge in [0.15, 0.2) is 0 Å². The number of aromatic nitrogens is 3. The third-order valence-electron chi connectivity index (χ3n) is 3.51. The molecule has 0 spiro atoms. The Balaban J connectivity index is 2.13. The molecule has 0 bridgehead atoms. The lowest BCUT2D eigenvalue weighted by atomic mass is 10.1. The topological polar surface area (TPSA) is 90.4 Å². The number of aromatic carboxylic acids is 1. The van der Waals surface area contributed by atoms with E-state index in [-0.39, 0.29) is 17.0 Å². The summed E-state index contributed by atoms with van der Waals surface area (Å²) in [5.41, 5.74) is 1.24. The average molecular weight is 348 g/mol. The molecule has 24 heavy (non-hydrogen) atoms. The van der Waals surface area contributed by atoms with Gasteiger partial charge in [-0.15, -0.1) is 0 Å². The molecule has 2 aromatic heterocycles. The molecule has 0 unspecified atom stereocenters. The molecule has 0 atom stereocenters. The second-order valence-electron chi connectivity index (χ2n) is 5.21. The SMILES string of the molecule is Cc1nn(C)c(Oc2ccc(Cl)cc2)c1-c1noc(C)c1C(=O)O. The van der Waals surface area contributed by atoms with Crippen molar-refractivity contribution in [1.29, 1.82) is 0 Å². The summed E-state index contributed by atoms with van der Waals surface area (Å²) in [4.78, 5) is 11.5. The summed E-state index contributed by atoms with van der Waals surface area (Å²) in [6.07, 6.45) is 0. The normalized spacial score (nSPS) is 10.8. The minimum Gasteiger partial charge on any atom is -0.477 e. The molecule has 0 aliphatic carbocycles. The Bertz CT molecular complexity index is 912. The van der Waals surface area contributed by atoms with Crippen LogP contribution in [0.25, 0.3) is 11.3 Å². The van der Waals surface area contributed by atoms with Crippen LogP contribution in [0.4, 0.5) is 0 Å². The first-order chi connectivity index (χ1) is 11.4. The monoisotopic (exact) mass is 347 g/mol. The minimum atomic E-state index is -1.12. The third-order valence-corrected chi connectivity index (χ3v) is 3.76. The Hall–Kier alpha value is -2.80. The Kier molecular flexibility index (Phi) is 4.02. The molecular formula is C16H14ClN3O4. The van der Waals surface area contributed by atoms with Gasteiger partial charge in [-0.2, -0.15) is 5.10 Å². The zero-order valence-corrected chi connectivity index (χ0v) is 14.0. The lowest BCUT2D eigenvalue weighted by Crippen LogP contribution is -2.01. The van der Waals surface area contributed by atoms with Crippen molar-refractivity contribution in [3.05, 3.63) is 46.3 Å². The average Bonchev–Trinajstić information content (AvgIpc) is 3.01. The van der Waals surface area contributed by atoms with Crippen molar-refractivity contribution < 1.29 is 19.2 Å². The molecule has 3 rings (SSSR count). The number of halogens is 1. The summed E-state index contributed by atoms with van der Waals surface area (Å²) in [7, 11) is 1.70. The van der Waals surface area contributed by atoms with Gasteiger partial charge in [0.2, 0.25) is 5.88 Å². The van der Waals surface area contributed by atoms with Gasteiger partial charge in [-0.05, 0) is 38.1 Å². The van der Waals surface area contributed by atoms with Crippen LogP contribution < -0.4 is 4.74 Å². The van der Waals surface area contributed by atoms with Crippen molar-refractivity contribution in [2.45, 2.75) is 13.8 Å². The maximum Gasteiger partial charge on any atom is 0.341 e. The molecule has 8 heteroatoms. The standard InChI is InChI=1S/C16H14ClN3O4/c1-8-12(14-13(16(21)22)9(2)24-19-14)15(20(3)18-8)23-11-6-4-10(17)5-7-11/h4-7H,1-3H3,(H,21,22). The smallest absolute Gasteiger partial charge is 0.341 e. The molecule has 0 saturated carbocycles. The number of hydrogen-bond acceptors (Lipinski definition) is 5. The summed E-state index contributed by atoms with van der Waals surface area (Å²) in [5.74, 6) is 0.00834. The summed E-state index contributed by atoms with van der Waals surface area (Å²) in [5, 5.41) is 18.2. The van der Waals surface area contributed by atoms with Crippen molar-refractivity contribution in [2.24, 2.45) is 7.05 Å². The molecule has 0 aliphatic heterocycles. The largest absolute Gasteiger partial charge is 0.477 e. The van der Waals surface area contributed by atoms with Gasteiger partial charge in [0.1, 0.15) is 22.8 Å². The number of benzene rings is 1. The number of aryl methyl sites for hydroxylation is 3. The van der Waals surface area contributed by atoms with E-state index in [1.165, 1.54) is 4.68 Å². The molecule has 7 nitrogen and oxygen atoms in total. The van der Waals surface area contributed by atoms with Gasteiger partial charge in [0.25, 0.3) is 0 Å². The van der Waals surface area contributed by atoms with Crippen LogP contribution >= 0.6 is 11.6 Å². The molecule has 0 saturated heterocycles. The predicted octanol–water partition coefficient (Wildman–Crippen LogP) is 3.84. The van der Waals surface area contributed by atoms with Gasteiger partial charge < -0.3 is 14.4 Å². The first-order valence-corrected chi connectivity index (χ1v) is 7.43. The highest BCUT2D eigenvalue weighted by Crippen LogP contribution is 2.37. The fourth-order valence-electron chi connectivity index (χ4n) is 2.44. The fourth-order valence-corrected chi connectivity index (χ4v) is 2.56. The zero-order valence-electron chi connectivity index (χ0n) is 13.2. The van der Waals surface area contributed by atoms with Crippen LogP contribution in [0.1, 0.15) is 21.8 Å². The van der Waals surface area contributed by atoms with Crippen molar-refractivity contribution in [3.8, 4) is 22.9 Å².